The molecule has 0 radical (unpaired) electrons. The Labute approximate surface area is 93.5 Å². The first kappa shape index (κ1) is 9.93. The van der Waals surface area contributed by atoms with Crippen LogP contribution in [0.15, 0.2) is 5.16 Å². The molecule has 16 heavy (non-hydrogen) atoms. The number of carbonyl (C=O) groups is 1. The molecule has 5 nitrogen and oxygen atoms in total. The van der Waals surface area contributed by atoms with Crippen molar-refractivity contribution in [3.8, 4) is 0 Å². The molecule has 3 N–H and O–H groups in total. The molecule has 0 aromatic heterocycles. The molecule has 0 aromatic carbocycles. The smallest absolute Gasteiger partial charge is 0.405 e. The lowest BCUT2D eigenvalue weighted by molar-refractivity contribution is 0.0500. The summed E-state index contributed by atoms with van der Waals surface area (Å²) < 4.78 is 0. The molecule has 4 bridgehead atoms. The van der Waals surface area contributed by atoms with Gasteiger partial charge in [0.1, 0.15) is 0 Å². The number of rotatable bonds is 1. The predicted octanol–water partition coefficient (Wildman–Crippen LogP) is 1.66. The first-order valence-corrected chi connectivity index (χ1v) is 5.85. The third-order valence-electron chi connectivity index (χ3n) is 4.51. The van der Waals surface area contributed by atoms with Crippen molar-refractivity contribution in [2.75, 3.05) is 0 Å². The molecule has 88 valence electrons. The number of hydrogen-bond acceptors (Lipinski definition) is 3. The minimum Gasteiger partial charge on any atom is -0.465 e. The highest BCUT2D eigenvalue weighted by molar-refractivity contribution is 5.91. The Kier molecular flexibility index (Phi) is 1.94. The quantitative estimate of drug-likeness (QED) is 0.468. The average molecular weight is 224 g/mol. The van der Waals surface area contributed by atoms with E-state index in [0.29, 0.717) is 17.8 Å². The molecule has 0 aromatic rings. The fourth-order valence-electron chi connectivity index (χ4n) is 4.31. The first-order valence-electron chi connectivity index (χ1n) is 5.85. The maximum Gasteiger partial charge on any atom is 0.405 e. The van der Waals surface area contributed by atoms with Crippen LogP contribution in [0.25, 0.3) is 0 Å². The van der Waals surface area contributed by atoms with E-state index in [0.717, 1.165) is 37.8 Å². The van der Waals surface area contributed by atoms with Crippen molar-refractivity contribution < 1.29 is 15.1 Å². The van der Waals surface area contributed by atoms with Gasteiger partial charge < -0.3 is 15.6 Å². The fourth-order valence-corrected chi connectivity index (χ4v) is 4.31. The van der Waals surface area contributed by atoms with Crippen LogP contribution in [-0.2, 0) is 0 Å². The standard InChI is InChI=1S/C11H16N2O3/c14-10(15)12-11-3-6-1-7(4-11)9(13-16)8(2-6)5-11/h6-8,12,16H,1-5H2,(H,14,15). The fraction of sp³-hybridized carbons (Fsp3) is 0.818. The van der Waals surface area contributed by atoms with E-state index >= 15 is 0 Å². The number of carboxylic acid groups (broad SMARTS) is 1. The van der Waals surface area contributed by atoms with Gasteiger partial charge in [0, 0.05) is 17.4 Å². The molecule has 2 atom stereocenters. The second kappa shape index (κ2) is 3.12. The summed E-state index contributed by atoms with van der Waals surface area (Å²) in [7, 11) is 0. The average Bonchev–Trinajstić information content (AvgIpc) is 2.13. The van der Waals surface area contributed by atoms with E-state index in [1.165, 1.54) is 0 Å². The van der Waals surface area contributed by atoms with Crippen molar-refractivity contribution >= 4 is 11.8 Å². The molecule has 2 unspecified atom stereocenters. The Morgan fingerprint density at radius 2 is 1.94 bits per heavy atom. The summed E-state index contributed by atoms with van der Waals surface area (Å²) in [5.74, 6) is 1.20. The molecule has 4 aliphatic carbocycles. The highest BCUT2D eigenvalue weighted by atomic mass is 16.4. The number of amides is 1. The van der Waals surface area contributed by atoms with Gasteiger partial charge in [0.25, 0.3) is 0 Å². The molecule has 0 aliphatic heterocycles. The molecule has 5 heteroatoms. The molecule has 4 rings (SSSR count). The van der Waals surface area contributed by atoms with Gasteiger partial charge in [-0.3, -0.25) is 0 Å². The zero-order chi connectivity index (χ0) is 11.3. The van der Waals surface area contributed by atoms with Crippen molar-refractivity contribution in [1.29, 1.82) is 0 Å². The van der Waals surface area contributed by atoms with Crippen LogP contribution in [0.3, 0.4) is 0 Å². The van der Waals surface area contributed by atoms with Crippen LogP contribution < -0.4 is 5.32 Å². The number of hydrogen-bond donors (Lipinski definition) is 3. The highest BCUT2D eigenvalue weighted by Gasteiger charge is 2.54. The summed E-state index contributed by atoms with van der Waals surface area (Å²) in [5, 5.41) is 24.1. The van der Waals surface area contributed by atoms with Crippen LogP contribution in [0, 0.1) is 17.8 Å². The third-order valence-corrected chi connectivity index (χ3v) is 4.51. The van der Waals surface area contributed by atoms with Gasteiger partial charge >= 0.3 is 6.09 Å². The summed E-state index contributed by atoms with van der Waals surface area (Å²) in [6, 6.07) is 0. The molecule has 4 saturated carbocycles. The molecular formula is C11H16N2O3. The molecule has 0 spiro atoms. The topological polar surface area (TPSA) is 81.9 Å². The molecule has 1 amide bonds. The first-order chi connectivity index (χ1) is 7.62. The van der Waals surface area contributed by atoms with E-state index in [-0.39, 0.29) is 5.54 Å². The van der Waals surface area contributed by atoms with Crippen LogP contribution in [0.4, 0.5) is 4.79 Å². The van der Waals surface area contributed by atoms with Gasteiger partial charge in [0.2, 0.25) is 0 Å². The van der Waals surface area contributed by atoms with Gasteiger partial charge in [0.15, 0.2) is 0 Å². The van der Waals surface area contributed by atoms with E-state index in [2.05, 4.69) is 10.5 Å². The van der Waals surface area contributed by atoms with Crippen LogP contribution >= 0.6 is 0 Å². The Morgan fingerprint density at radius 3 is 2.44 bits per heavy atom. The van der Waals surface area contributed by atoms with E-state index in [9.17, 15) is 4.79 Å². The summed E-state index contributed by atoms with van der Waals surface area (Å²) in [5.41, 5.74) is 0.676. The lowest BCUT2D eigenvalue weighted by atomic mass is 9.52. The van der Waals surface area contributed by atoms with Gasteiger partial charge in [-0.2, -0.15) is 0 Å². The Hall–Kier alpha value is -1.26. The van der Waals surface area contributed by atoms with Gasteiger partial charge in [-0.25, -0.2) is 4.79 Å². The van der Waals surface area contributed by atoms with Gasteiger partial charge in [-0.1, -0.05) is 5.16 Å². The number of oxime groups is 1. The molecule has 0 heterocycles. The van der Waals surface area contributed by atoms with Crippen LogP contribution in [0.5, 0.6) is 0 Å². The minimum absolute atomic E-state index is 0.240. The number of nitrogens with one attached hydrogen (secondary N) is 1. The van der Waals surface area contributed by atoms with E-state index in [1.807, 2.05) is 0 Å². The lowest BCUT2D eigenvalue weighted by Gasteiger charge is -2.56. The normalized spacial score (nSPS) is 44.5. The molecule has 4 fully saturated rings. The summed E-state index contributed by atoms with van der Waals surface area (Å²) in [6.07, 6.45) is 3.80. The molecular weight excluding hydrogens is 208 g/mol. The Bertz CT molecular complexity index is 348. The second-order valence-corrected chi connectivity index (χ2v) is 5.58. The van der Waals surface area contributed by atoms with E-state index in [4.69, 9.17) is 10.3 Å². The van der Waals surface area contributed by atoms with Crippen molar-refractivity contribution in [2.45, 2.75) is 37.6 Å². The third kappa shape index (κ3) is 1.30. The minimum atomic E-state index is -0.926. The lowest BCUT2D eigenvalue weighted by Crippen LogP contribution is -2.62. The van der Waals surface area contributed by atoms with Crippen molar-refractivity contribution in [2.24, 2.45) is 22.9 Å². The van der Waals surface area contributed by atoms with E-state index < -0.39 is 6.09 Å². The largest absolute Gasteiger partial charge is 0.465 e. The molecule has 4 aliphatic rings. The van der Waals surface area contributed by atoms with E-state index in [1.54, 1.807) is 0 Å². The number of nitrogens with zero attached hydrogens (tertiary/aromatic N) is 1. The predicted molar refractivity (Wildman–Crippen MR) is 56.7 cm³/mol. The zero-order valence-electron chi connectivity index (χ0n) is 9.02. The van der Waals surface area contributed by atoms with Gasteiger partial charge in [-0.05, 0) is 38.0 Å². The maximum absolute atomic E-state index is 10.8. The monoisotopic (exact) mass is 224 g/mol. The van der Waals surface area contributed by atoms with Crippen molar-refractivity contribution in [3.63, 3.8) is 0 Å². The van der Waals surface area contributed by atoms with Crippen molar-refractivity contribution in [3.05, 3.63) is 0 Å². The summed E-state index contributed by atoms with van der Waals surface area (Å²) >= 11 is 0. The highest BCUT2D eigenvalue weighted by Crippen LogP contribution is 2.54. The van der Waals surface area contributed by atoms with Gasteiger partial charge in [0.05, 0.1) is 5.71 Å². The summed E-state index contributed by atoms with van der Waals surface area (Å²) in [4.78, 5) is 10.8. The maximum atomic E-state index is 10.8. The van der Waals surface area contributed by atoms with Crippen molar-refractivity contribution in [1.82, 2.24) is 5.32 Å². The second-order valence-electron chi connectivity index (χ2n) is 5.58. The van der Waals surface area contributed by atoms with Crippen LogP contribution in [0.2, 0.25) is 0 Å². The molecule has 0 saturated heterocycles. The van der Waals surface area contributed by atoms with Crippen LogP contribution in [0.1, 0.15) is 32.1 Å². The van der Waals surface area contributed by atoms with Gasteiger partial charge in [-0.15, -0.1) is 0 Å². The Morgan fingerprint density at radius 1 is 1.31 bits per heavy atom. The summed E-state index contributed by atoms with van der Waals surface area (Å²) in [6.45, 7) is 0. The van der Waals surface area contributed by atoms with Crippen LogP contribution in [-0.4, -0.2) is 27.7 Å². The zero-order valence-corrected chi connectivity index (χ0v) is 9.02. The Balaban J connectivity index is 1.89. The SMILES string of the molecule is O=C(O)NC12CC3CC(C1)C(=NO)C(C3)C2.